The largest absolute Gasteiger partial charge is 0.507 e. The number of amides is 1. The molecule has 3 aromatic rings. The van der Waals surface area contributed by atoms with Gasteiger partial charge in [-0.05, 0) is 80.8 Å². The molecule has 5 heteroatoms. The number of phenolic OH excluding ortho intramolecular Hbond substituents is 1. The second-order valence-corrected chi connectivity index (χ2v) is 9.14. The number of fused-ring (bicyclic) bond motifs is 2. The third-order valence-electron chi connectivity index (χ3n) is 5.90. The molecule has 0 aliphatic carbocycles. The molecular weight excluding hydrogens is 398 g/mol. The van der Waals surface area contributed by atoms with Crippen molar-refractivity contribution >= 4 is 34.2 Å². The lowest BCUT2D eigenvalue weighted by molar-refractivity contribution is 0.0952. The first-order valence-electron chi connectivity index (χ1n) is 10.9. The minimum atomic E-state index is -0.453. The molecule has 0 aromatic heterocycles. The van der Waals surface area contributed by atoms with Crippen LogP contribution in [-0.4, -0.2) is 28.8 Å². The molecular formula is C27H29N3O2. The molecule has 5 nitrogen and oxygen atoms in total. The normalized spacial score (nSPS) is 15.2. The Kier molecular flexibility index (Phi) is 5.51. The van der Waals surface area contributed by atoms with Gasteiger partial charge >= 0.3 is 0 Å². The van der Waals surface area contributed by atoms with Crippen molar-refractivity contribution < 1.29 is 9.90 Å². The van der Waals surface area contributed by atoms with Crippen LogP contribution in [0.2, 0.25) is 0 Å². The highest BCUT2D eigenvalue weighted by atomic mass is 16.3. The Hall–Kier alpha value is -3.60. The average Bonchev–Trinajstić information content (AvgIpc) is 2.72. The predicted octanol–water partition coefficient (Wildman–Crippen LogP) is 5.72. The lowest BCUT2D eigenvalue weighted by atomic mass is 9.87. The molecule has 32 heavy (non-hydrogen) atoms. The van der Waals surface area contributed by atoms with E-state index in [1.54, 1.807) is 18.3 Å². The zero-order chi connectivity index (χ0) is 23.0. The van der Waals surface area contributed by atoms with Gasteiger partial charge in [0.25, 0.3) is 5.91 Å². The smallest absolute Gasteiger partial charge is 0.275 e. The molecule has 1 heterocycles. The van der Waals surface area contributed by atoms with Crippen molar-refractivity contribution in [2.24, 2.45) is 5.10 Å². The molecule has 0 saturated heterocycles. The van der Waals surface area contributed by atoms with Crippen LogP contribution in [0.25, 0.3) is 16.3 Å². The van der Waals surface area contributed by atoms with Gasteiger partial charge in [-0.2, -0.15) is 5.10 Å². The fraction of sp³-hybridized carbons (Fsp3) is 0.259. The second-order valence-electron chi connectivity index (χ2n) is 9.14. The van der Waals surface area contributed by atoms with Crippen LogP contribution >= 0.6 is 0 Å². The summed E-state index contributed by atoms with van der Waals surface area (Å²) in [6.45, 7) is 11.0. The van der Waals surface area contributed by atoms with E-state index in [0.717, 1.165) is 16.3 Å². The molecule has 0 radical (unpaired) electrons. The van der Waals surface area contributed by atoms with E-state index in [-0.39, 0.29) is 16.9 Å². The summed E-state index contributed by atoms with van der Waals surface area (Å²) in [5, 5.41) is 16.1. The van der Waals surface area contributed by atoms with Gasteiger partial charge in [-0.3, -0.25) is 4.79 Å². The first-order valence-corrected chi connectivity index (χ1v) is 10.9. The quantitative estimate of drug-likeness (QED) is 0.413. The summed E-state index contributed by atoms with van der Waals surface area (Å²) in [7, 11) is 0. The SMILES string of the molecule is CC1=CC(C)(C)N(C(C)C)c2ccc(/C=N\NC(=O)c3cc4ccccc4cc3O)cc21. The first kappa shape index (κ1) is 21.6. The number of benzene rings is 3. The topological polar surface area (TPSA) is 64.9 Å². The van der Waals surface area contributed by atoms with Gasteiger partial charge in [0.1, 0.15) is 5.75 Å². The molecule has 4 rings (SSSR count). The minimum absolute atomic E-state index is 0.0588. The van der Waals surface area contributed by atoms with Gasteiger partial charge in [0.2, 0.25) is 0 Å². The van der Waals surface area contributed by atoms with Gasteiger partial charge in [0.15, 0.2) is 0 Å². The number of hydrazone groups is 1. The molecule has 3 aromatic carbocycles. The maximum Gasteiger partial charge on any atom is 0.275 e. The number of nitrogens with one attached hydrogen (secondary N) is 1. The van der Waals surface area contributed by atoms with Crippen LogP contribution in [-0.2, 0) is 0 Å². The summed E-state index contributed by atoms with van der Waals surface area (Å²) in [5.41, 5.74) is 7.15. The first-order chi connectivity index (χ1) is 15.2. The summed E-state index contributed by atoms with van der Waals surface area (Å²) >= 11 is 0. The third-order valence-corrected chi connectivity index (χ3v) is 5.90. The zero-order valence-corrected chi connectivity index (χ0v) is 19.2. The van der Waals surface area contributed by atoms with Gasteiger partial charge < -0.3 is 10.0 Å². The molecule has 0 saturated carbocycles. The molecule has 164 valence electrons. The van der Waals surface area contributed by atoms with Gasteiger partial charge in [-0.1, -0.05) is 36.4 Å². The standard InChI is InChI=1S/C27H29N3O2/c1-17(2)30-24-11-10-19(12-22(24)18(3)15-27(30,4)5)16-28-29-26(32)23-13-20-8-6-7-9-21(20)14-25(23)31/h6-17,31H,1-5H3,(H,29,32)/b28-16-. The zero-order valence-electron chi connectivity index (χ0n) is 19.2. The molecule has 0 unspecified atom stereocenters. The Morgan fingerprint density at radius 3 is 2.47 bits per heavy atom. The Balaban J connectivity index is 1.56. The van der Waals surface area contributed by atoms with Crippen molar-refractivity contribution in [2.45, 2.75) is 46.2 Å². The fourth-order valence-corrected chi connectivity index (χ4v) is 4.73. The molecule has 0 bridgehead atoms. The summed E-state index contributed by atoms with van der Waals surface area (Å²) < 4.78 is 0. The van der Waals surface area contributed by atoms with Crippen molar-refractivity contribution in [3.8, 4) is 5.75 Å². The highest BCUT2D eigenvalue weighted by Gasteiger charge is 2.32. The van der Waals surface area contributed by atoms with Gasteiger partial charge in [-0.15, -0.1) is 0 Å². The number of nitrogens with zero attached hydrogens (tertiary/aromatic N) is 2. The highest BCUT2D eigenvalue weighted by molar-refractivity contribution is 6.01. The van der Waals surface area contributed by atoms with Crippen molar-refractivity contribution in [3.05, 3.63) is 77.4 Å². The molecule has 0 fully saturated rings. The highest BCUT2D eigenvalue weighted by Crippen LogP contribution is 2.40. The summed E-state index contributed by atoms with van der Waals surface area (Å²) in [4.78, 5) is 15.0. The average molecular weight is 428 g/mol. The number of hydrogen-bond donors (Lipinski definition) is 2. The molecule has 1 aliphatic rings. The number of hydrogen-bond acceptors (Lipinski definition) is 4. The Labute approximate surface area is 189 Å². The van der Waals surface area contributed by atoms with E-state index < -0.39 is 5.91 Å². The number of aromatic hydroxyl groups is 1. The van der Waals surface area contributed by atoms with E-state index in [1.807, 2.05) is 30.3 Å². The van der Waals surface area contributed by atoms with Crippen LogP contribution in [0, 0.1) is 0 Å². The minimum Gasteiger partial charge on any atom is -0.507 e. The predicted molar refractivity (Wildman–Crippen MR) is 132 cm³/mol. The third kappa shape index (κ3) is 3.98. The van der Waals surface area contributed by atoms with Crippen LogP contribution in [0.3, 0.4) is 0 Å². The molecule has 0 atom stereocenters. The number of anilines is 1. The van der Waals surface area contributed by atoms with Gasteiger partial charge in [0.05, 0.1) is 17.3 Å². The number of carbonyl (C=O) groups excluding carboxylic acids is 1. The molecule has 1 amide bonds. The van der Waals surface area contributed by atoms with Crippen molar-refractivity contribution in [3.63, 3.8) is 0 Å². The van der Waals surface area contributed by atoms with E-state index in [4.69, 9.17) is 0 Å². The monoisotopic (exact) mass is 427 g/mol. The van der Waals surface area contributed by atoms with E-state index in [2.05, 4.69) is 68.3 Å². The van der Waals surface area contributed by atoms with Crippen LogP contribution in [0.1, 0.15) is 56.1 Å². The number of allylic oxidation sites excluding steroid dienone is 1. The number of carbonyl (C=O) groups is 1. The summed E-state index contributed by atoms with van der Waals surface area (Å²) in [6, 6.07) is 17.4. The van der Waals surface area contributed by atoms with Crippen molar-refractivity contribution in [2.75, 3.05) is 4.90 Å². The number of phenols is 1. The lowest BCUT2D eigenvalue weighted by Gasteiger charge is -2.46. The fourth-order valence-electron chi connectivity index (χ4n) is 4.73. The van der Waals surface area contributed by atoms with Crippen LogP contribution in [0.4, 0.5) is 5.69 Å². The van der Waals surface area contributed by atoms with E-state index in [1.165, 1.54) is 16.8 Å². The van der Waals surface area contributed by atoms with Gasteiger partial charge in [0, 0.05) is 17.3 Å². The molecule has 1 aliphatic heterocycles. The maximum absolute atomic E-state index is 12.6. The lowest BCUT2D eigenvalue weighted by Crippen LogP contribution is -2.49. The summed E-state index contributed by atoms with van der Waals surface area (Å²) in [5.74, 6) is -0.520. The van der Waals surface area contributed by atoms with E-state index in [0.29, 0.717) is 6.04 Å². The Morgan fingerprint density at radius 2 is 1.78 bits per heavy atom. The van der Waals surface area contributed by atoms with E-state index in [9.17, 15) is 9.90 Å². The van der Waals surface area contributed by atoms with Crippen LogP contribution < -0.4 is 10.3 Å². The van der Waals surface area contributed by atoms with E-state index >= 15 is 0 Å². The molecule has 2 N–H and O–H groups in total. The Bertz CT molecular complexity index is 1250. The molecule has 0 spiro atoms. The Morgan fingerprint density at radius 1 is 1.09 bits per heavy atom. The second kappa shape index (κ2) is 8.15. The van der Waals surface area contributed by atoms with Crippen LogP contribution in [0.5, 0.6) is 5.75 Å². The number of rotatable bonds is 4. The van der Waals surface area contributed by atoms with Gasteiger partial charge in [-0.25, -0.2) is 5.43 Å². The van der Waals surface area contributed by atoms with Crippen molar-refractivity contribution in [1.29, 1.82) is 0 Å². The van der Waals surface area contributed by atoms with Crippen LogP contribution in [0.15, 0.2) is 65.8 Å². The summed E-state index contributed by atoms with van der Waals surface area (Å²) in [6.07, 6.45) is 3.92. The van der Waals surface area contributed by atoms with Crippen molar-refractivity contribution in [1.82, 2.24) is 5.43 Å². The maximum atomic E-state index is 12.6.